The summed E-state index contributed by atoms with van der Waals surface area (Å²) in [6, 6.07) is 7.91. The first-order valence-electron chi connectivity index (χ1n) is 5.53. The summed E-state index contributed by atoms with van der Waals surface area (Å²) in [5.74, 6) is 6.32. The standard InChI is InChI=1S/C12H14FN5S/c1-18(9-5-3-8(13)4-6-9)11-7-10(17-14)15-12(16-11)19-2/h3-7H,14H2,1-2H3,(H,15,16,17). The van der Waals surface area contributed by atoms with Crippen molar-refractivity contribution in [2.24, 2.45) is 5.84 Å². The van der Waals surface area contributed by atoms with Gasteiger partial charge >= 0.3 is 0 Å². The van der Waals surface area contributed by atoms with Crippen LogP contribution in [0.2, 0.25) is 0 Å². The normalized spacial score (nSPS) is 10.3. The number of nitrogens with one attached hydrogen (secondary N) is 1. The van der Waals surface area contributed by atoms with Gasteiger partial charge in [0.05, 0.1) is 0 Å². The molecule has 1 aromatic heterocycles. The van der Waals surface area contributed by atoms with E-state index in [2.05, 4.69) is 15.4 Å². The Bertz CT molecular complexity index is 538. The van der Waals surface area contributed by atoms with Gasteiger partial charge < -0.3 is 10.3 Å². The van der Waals surface area contributed by atoms with Gasteiger partial charge in [0.2, 0.25) is 0 Å². The van der Waals surface area contributed by atoms with Gasteiger partial charge in [-0.05, 0) is 30.5 Å². The molecule has 3 N–H and O–H groups in total. The fourth-order valence-corrected chi connectivity index (χ4v) is 1.92. The average molecular weight is 279 g/mol. The predicted molar refractivity (Wildman–Crippen MR) is 76.1 cm³/mol. The third-order valence-corrected chi connectivity index (χ3v) is 3.13. The van der Waals surface area contributed by atoms with Crippen molar-refractivity contribution in [2.75, 3.05) is 23.6 Å². The van der Waals surface area contributed by atoms with Gasteiger partial charge in [-0.15, -0.1) is 0 Å². The van der Waals surface area contributed by atoms with Gasteiger partial charge in [-0.3, -0.25) is 0 Å². The maximum absolute atomic E-state index is 12.9. The van der Waals surface area contributed by atoms with Crippen LogP contribution in [0.25, 0.3) is 0 Å². The van der Waals surface area contributed by atoms with E-state index >= 15 is 0 Å². The first-order chi connectivity index (χ1) is 9.13. The first-order valence-corrected chi connectivity index (χ1v) is 6.75. The van der Waals surface area contributed by atoms with Crippen molar-refractivity contribution < 1.29 is 4.39 Å². The van der Waals surface area contributed by atoms with Crippen LogP contribution in [-0.2, 0) is 0 Å². The van der Waals surface area contributed by atoms with Crippen LogP contribution < -0.4 is 16.2 Å². The summed E-state index contributed by atoms with van der Waals surface area (Å²) in [5.41, 5.74) is 3.34. The Morgan fingerprint density at radius 3 is 2.53 bits per heavy atom. The van der Waals surface area contributed by atoms with E-state index in [1.165, 1.54) is 23.9 Å². The van der Waals surface area contributed by atoms with Crippen molar-refractivity contribution in [2.45, 2.75) is 5.16 Å². The third-order valence-electron chi connectivity index (χ3n) is 2.58. The van der Waals surface area contributed by atoms with E-state index in [1.54, 1.807) is 18.2 Å². The molecule has 0 saturated carbocycles. The molecule has 0 aliphatic heterocycles. The van der Waals surface area contributed by atoms with Gasteiger partial charge in [0.15, 0.2) is 5.16 Å². The van der Waals surface area contributed by atoms with Crippen LogP contribution in [-0.4, -0.2) is 23.3 Å². The highest BCUT2D eigenvalue weighted by molar-refractivity contribution is 7.98. The van der Waals surface area contributed by atoms with Crippen LogP contribution >= 0.6 is 11.8 Å². The molecule has 0 saturated heterocycles. The molecule has 1 aromatic carbocycles. The lowest BCUT2D eigenvalue weighted by Crippen LogP contribution is -2.15. The summed E-state index contributed by atoms with van der Waals surface area (Å²) >= 11 is 1.42. The lowest BCUT2D eigenvalue weighted by molar-refractivity contribution is 0.628. The number of thioether (sulfide) groups is 1. The molecular weight excluding hydrogens is 265 g/mol. The van der Waals surface area contributed by atoms with E-state index in [1.807, 2.05) is 18.2 Å². The highest BCUT2D eigenvalue weighted by atomic mass is 32.2. The van der Waals surface area contributed by atoms with Gasteiger partial charge in [-0.25, -0.2) is 20.2 Å². The van der Waals surface area contributed by atoms with Crippen molar-refractivity contribution in [3.8, 4) is 0 Å². The molecule has 0 amide bonds. The van der Waals surface area contributed by atoms with E-state index in [9.17, 15) is 4.39 Å². The molecule has 0 atom stereocenters. The Morgan fingerprint density at radius 2 is 1.95 bits per heavy atom. The van der Waals surface area contributed by atoms with Gasteiger partial charge in [0.25, 0.3) is 0 Å². The van der Waals surface area contributed by atoms with Crippen molar-refractivity contribution in [1.29, 1.82) is 0 Å². The highest BCUT2D eigenvalue weighted by Gasteiger charge is 2.09. The zero-order valence-corrected chi connectivity index (χ0v) is 11.4. The Balaban J connectivity index is 2.37. The fourth-order valence-electron chi connectivity index (χ4n) is 1.55. The van der Waals surface area contributed by atoms with E-state index in [0.717, 1.165) is 5.69 Å². The van der Waals surface area contributed by atoms with Gasteiger partial charge in [-0.1, -0.05) is 11.8 Å². The van der Waals surface area contributed by atoms with Gasteiger partial charge in [0.1, 0.15) is 17.5 Å². The Morgan fingerprint density at radius 1 is 1.26 bits per heavy atom. The molecule has 0 radical (unpaired) electrons. The third kappa shape index (κ3) is 3.12. The Hall–Kier alpha value is -1.86. The molecule has 0 aliphatic carbocycles. The van der Waals surface area contributed by atoms with Crippen molar-refractivity contribution in [3.05, 3.63) is 36.1 Å². The molecule has 0 unspecified atom stereocenters. The van der Waals surface area contributed by atoms with Crippen LogP contribution in [0, 0.1) is 5.82 Å². The van der Waals surface area contributed by atoms with Gasteiger partial charge in [0, 0.05) is 18.8 Å². The molecular formula is C12H14FN5S. The molecule has 7 heteroatoms. The SMILES string of the molecule is CSc1nc(NN)cc(N(C)c2ccc(F)cc2)n1. The molecule has 5 nitrogen and oxygen atoms in total. The van der Waals surface area contributed by atoms with Crippen molar-refractivity contribution in [1.82, 2.24) is 9.97 Å². The summed E-state index contributed by atoms with van der Waals surface area (Å²) < 4.78 is 12.9. The Kier molecular flexibility index (Phi) is 4.18. The number of hydrazine groups is 1. The number of hydrogen-bond donors (Lipinski definition) is 2. The zero-order chi connectivity index (χ0) is 13.8. The summed E-state index contributed by atoms with van der Waals surface area (Å²) in [6.07, 6.45) is 1.89. The zero-order valence-electron chi connectivity index (χ0n) is 10.6. The van der Waals surface area contributed by atoms with Crippen molar-refractivity contribution in [3.63, 3.8) is 0 Å². The van der Waals surface area contributed by atoms with E-state index in [0.29, 0.717) is 16.8 Å². The number of nitrogens with two attached hydrogens (primary N) is 1. The number of nitrogen functional groups attached to an aromatic ring is 1. The molecule has 19 heavy (non-hydrogen) atoms. The quantitative estimate of drug-likeness (QED) is 0.388. The lowest BCUT2D eigenvalue weighted by atomic mass is 10.3. The fraction of sp³-hybridized carbons (Fsp3) is 0.167. The number of anilines is 3. The minimum atomic E-state index is -0.269. The molecule has 0 spiro atoms. The van der Waals surface area contributed by atoms with Crippen LogP contribution in [0.3, 0.4) is 0 Å². The molecule has 2 aromatic rings. The largest absolute Gasteiger partial charge is 0.329 e. The number of nitrogens with zero attached hydrogens (tertiary/aromatic N) is 3. The van der Waals surface area contributed by atoms with Crippen molar-refractivity contribution >= 4 is 29.1 Å². The summed E-state index contributed by atoms with van der Waals surface area (Å²) in [6.45, 7) is 0. The van der Waals surface area contributed by atoms with Crippen LogP contribution in [0.1, 0.15) is 0 Å². The summed E-state index contributed by atoms with van der Waals surface area (Å²) in [4.78, 5) is 10.4. The molecule has 0 bridgehead atoms. The first kappa shape index (κ1) is 13.6. The second-order valence-corrected chi connectivity index (χ2v) is 4.55. The Labute approximate surface area is 115 Å². The molecule has 100 valence electrons. The number of halogens is 1. The maximum atomic E-state index is 12.9. The molecule has 2 rings (SSSR count). The molecule has 0 fully saturated rings. The minimum Gasteiger partial charge on any atom is -0.329 e. The molecule has 0 aliphatic rings. The minimum absolute atomic E-state index is 0.269. The summed E-state index contributed by atoms with van der Waals surface area (Å²) in [7, 11) is 1.85. The monoisotopic (exact) mass is 279 g/mol. The average Bonchev–Trinajstić information content (AvgIpc) is 2.46. The maximum Gasteiger partial charge on any atom is 0.191 e. The number of aromatic nitrogens is 2. The highest BCUT2D eigenvalue weighted by Crippen LogP contribution is 2.25. The number of benzene rings is 1. The number of hydrogen-bond acceptors (Lipinski definition) is 6. The van der Waals surface area contributed by atoms with Gasteiger partial charge in [-0.2, -0.15) is 0 Å². The van der Waals surface area contributed by atoms with Crippen LogP contribution in [0.15, 0.2) is 35.5 Å². The van der Waals surface area contributed by atoms with Crippen LogP contribution in [0.5, 0.6) is 0 Å². The lowest BCUT2D eigenvalue weighted by Gasteiger charge is -2.19. The van der Waals surface area contributed by atoms with E-state index < -0.39 is 0 Å². The summed E-state index contributed by atoms with van der Waals surface area (Å²) in [5, 5.41) is 0.611. The second kappa shape index (κ2) is 5.85. The predicted octanol–water partition coefficient (Wildman–Crippen LogP) is 2.39. The topological polar surface area (TPSA) is 67.1 Å². The van der Waals surface area contributed by atoms with Crippen LogP contribution in [0.4, 0.5) is 21.7 Å². The van der Waals surface area contributed by atoms with E-state index in [4.69, 9.17) is 5.84 Å². The van der Waals surface area contributed by atoms with E-state index in [-0.39, 0.29) is 5.82 Å². The smallest absolute Gasteiger partial charge is 0.191 e. The molecule has 1 heterocycles. The second-order valence-electron chi connectivity index (χ2n) is 3.78. The number of rotatable bonds is 4.